The predicted octanol–water partition coefficient (Wildman–Crippen LogP) is 3.91. The Morgan fingerprint density at radius 3 is 2.61 bits per heavy atom. The first-order valence-corrected chi connectivity index (χ1v) is 5.98. The van der Waals surface area contributed by atoms with E-state index in [1.54, 1.807) is 6.21 Å². The molecular weight excluding hydrogens is 240 g/mol. The van der Waals surface area contributed by atoms with Gasteiger partial charge in [-0.25, -0.2) is 0 Å². The van der Waals surface area contributed by atoms with E-state index in [1.807, 2.05) is 49.4 Å². The molecule has 18 heavy (non-hydrogen) atoms. The summed E-state index contributed by atoms with van der Waals surface area (Å²) in [5.74, 6) is 0. The van der Waals surface area contributed by atoms with Crippen molar-refractivity contribution in [2.75, 3.05) is 0 Å². The van der Waals surface area contributed by atoms with E-state index in [1.165, 1.54) is 0 Å². The lowest BCUT2D eigenvalue weighted by Crippen LogP contribution is -1.90. The van der Waals surface area contributed by atoms with Crippen LogP contribution >= 0.6 is 12.6 Å². The minimum atomic E-state index is 0.577. The second-order valence-corrected chi connectivity index (χ2v) is 4.40. The van der Waals surface area contributed by atoms with E-state index in [0.29, 0.717) is 10.5 Å². The molecule has 0 aromatic heterocycles. The van der Waals surface area contributed by atoms with Gasteiger partial charge in [0.15, 0.2) is 0 Å². The number of para-hydroxylation sites is 1. The van der Waals surface area contributed by atoms with Gasteiger partial charge >= 0.3 is 0 Å². The average molecular weight is 252 g/mol. The summed E-state index contributed by atoms with van der Waals surface area (Å²) in [4.78, 5) is 5.04. The molecular formula is C15H12N2S. The Bertz CT molecular complexity index is 625. The molecule has 0 saturated carbocycles. The topological polar surface area (TPSA) is 36.1 Å². The van der Waals surface area contributed by atoms with E-state index in [2.05, 4.69) is 23.7 Å². The molecule has 0 spiro atoms. The first kappa shape index (κ1) is 12.4. The molecule has 0 radical (unpaired) electrons. The van der Waals surface area contributed by atoms with Crippen molar-refractivity contribution >= 4 is 24.5 Å². The van der Waals surface area contributed by atoms with Crippen molar-refractivity contribution in [3.05, 3.63) is 59.2 Å². The highest BCUT2D eigenvalue weighted by molar-refractivity contribution is 7.80. The molecule has 88 valence electrons. The number of benzene rings is 2. The Morgan fingerprint density at radius 2 is 1.94 bits per heavy atom. The number of hydrogen-bond acceptors (Lipinski definition) is 3. The number of thiol groups is 1. The molecule has 2 aromatic carbocycles. The van der Waals surface area contributed by atoms with Crippen LogP contribution in [0.4, 0.5) is 5.69 Å². The SMILES string of the molecule is Cc1cc(C#N)c(S)c(/C=N/c2ccccc2)c1. The van der Waals surface area contributed by atoms with Crippen LogP contribution in [0.1, 0.15) is 16.7 Å². The molecule has 0 saturated heterocycles. The fourth-order valence-electron chi connectivity index (χ4n) is 1.65. The molecule has 0 aliphatic heterocycles. The maximum atomic E-state index is 9.01. The van der Waals surface area contributed by atoms with E-state index < -0.39 is 0 Å². The van der Waals surface area contributed by atoms with Gasteiger partial charge in [0.2, 0.25) is 0 Å². The monoisotopic (exact) mass is 252 g/mol. The number of aryl methyl sites for hydroxylation is 1. The smallest absolute Gasteiger partial charge is 0.100 e. The van der Waals surface area contributed by atoms with Crippen LogP contribution in [-0.4, -0.2) is 6.21 Å². The van der Waals surface area contributed by atoms with E-state index in [0.717, 1.165) is 16.8 Å². The molecule has 2 nitrogen and oxygen atoms in total. The van der Waals surface area contributed by atoms with Gasteiger partial charge in [-0.05, 0) is 36.8 Å². The second kappa shape index (κ2) is 5.52. The number of hydrogen-bond donors (Lipinski definition) is 1. The summed E-state index contributed by atoms with van der Waals surface area (Å²) < 4.78 is 0. The first-order chi connectivity index (χ1) is 8.70. The van der Waals surface area contributed by atoms with Crippen LogP contribution < -0.4 is 0 Å². The predicted molar refractivity (Wildman–Crippen MR) is 76.8 cm³/mol. The lowest BCUT2D eigenvalue weighted by Gasteiger charge is -2.03. The Morgan fingerprint density at radius 1 is 1.22 bits per heavy atom. The largest absolute Gasteiger partial charge is 0.256 e. The zero-order chi connectivity index (χ0) is 13.0. The second-order valence-electron chi connectivity index (χ2n) is 3.96. The van der Waals surface area contributed by atoms with Crippen LogP contribution in [0.2, 0.25) is 0 Å². The van der Waals surface area contributed by atoms with Crippen LogP contribution in [0.25, 0.3) is 0 Å². The summed E-state index contributed by atoms with van der Waals surface area (Å²) in [5, 5.41) is 9.01. The van der Waals surface area contributed by atoms with Gasteiger partial charge in [0, 0.05) is 16.7 Å². The number of rotatable bonds is 2. The molecule has 0 aliphatic rings. The summed E-state index contributed by atoms with van der Waals surface area (Å²) in [6.07, 6.45) is 1.74. The van der Waals surface area contributed by atoms with Gasteiger partial charge < -0.3 is 0 Å². The Hall–Kier alpha value is -2.05. The average Bonchev–Trinajstić information content (AvgIpc) is 2.40. The zero-order valence-corrected chi connectivity index (χ0v) is 10.9. The Kier molecular flexibility index (Phi) is 3.81. The van der Waals surface area contributed by atoms with Crippen molar-refractivity contribution < 1.29 is 0 Å². The normalized spacial score (nSPS) is 10.5. The standard InChI is InChI=1S/C15H12N2S/c1-11-7-12(9-16)15(18)13(8-11)10-17-14-5-3-2-4-6-14/h2-8,10,18H,1H3/b17-10+. The molecule has 0 N–H and O–H groups in total. The van der Waals surface area contributed by atoms with E-state index in [9.17, 15) is 0 Å². The third-order valence-corrected chi connectivity index (χ3v) is 3.01. The molecule has 0 amide bonds. The summed E-state index contributed by atoms with van der Waals surface area (Å²) in [6.45, 7) is 1.95. The third-order valence-electron chi connectivity index (χ3n) is 2.51. The summed E-state index contributed by atoms with van der Waals surface area (Å²) in [7, 11) is 0. The minimum absolute atomic E-state index is 0.577. The van der Waals surface area contributed by atoms with Crippen molar-refractivity contribution in [1.29, 1.82) is 5.26 Å². The summed E-state index contributed by atoms with van der Waals surface area (Å²) in [6, 6.07) is 15.6. The van der Waals surface area contributed by atoms with Gasteiger partial charge in [-0.15, -0.1) is 12.6 Å². The highest BCUT2D eigenvalue weighted by Crippen LogP contribution is 2.20. The van der Waals surface area contributed by atoms with Crippen molar-refractivity contribution in [3.8, 4) is 6.07 Å². The van der Waals surface area contributed by atoms with Gasteiger partial charge in [0.05, 0.1) is 11.3 Å². The Balaban J connectivity index is 2.38. The lowest BCUT2D eigenvalue weighted by molar-refractivity contribution is 1.31. The molecule has 3 heteroatoms. The lowest BCUT2D eigenvalue weighted by atomic mass is 10.1. The maximum absolute atomic E-state index is 9.01. The third kappa shape index (κ3) is 2.79. The van der Waals surface area contributed by atoms with Crippen LogP contribution in [0.15, 0.2) is 52.4 Å². The summed E-state index contributed by atoms with van der Waals surface area (Å²) >= 11 is 4.37. The van der Waals surface area contributed by atoms with Gasteiger partial charge in [-0.3, -0.25) is 4.99 Å². The quantitative estimate of drug-likeness (QED) is 0.638. The molecule has 0 aliphatic carbocycles. The fraction of sp³-hybridized carbons (Fsp3) is 0.0667. The van der Waals surface area contributed by atoms with Crippen molar-refractivity contribution in [2.45, 2.75) is 11.8 Å². The highest BCUT2D eigenvalue weighted by Gasteiger charge is 2.04. The number of aliphatic imine (C=N–C) groups is 1. The van der Waals surface area contributed by atoms with Gasteiger partial charge in [-0.1, -0.05) is 18.2 Å². The van der Waals surface area contributed by atoms with Gasteiger partial charge in [0.1, 0.15) is 6.07 Å². The van der Waals surface area contributed by atoms with E-state index in [4.69, 9.17) is 5.26 Å². The molecule has 2 aromatic rings. The Labute approximate surface area is 112 Å². The maximum Gasteiger partial charge on any atom is 0.100 e. The van der Waals surface area contributed by atoms with Crippen molar-refractivity contribution in [3.63, 3.8) is 0 Å². The fourth-order valence-corrected chi connectivity index (χ4v) is 1.89. The summed E-state index contributed by atoms with van der Waals surface area (Å²) in [5.41, 5.74) is 3.34. The van der Waals surface area contributed by atoms with E-state index in [-0.39, 0.29) is 0 Å². The molecule has 0 fully saturated rings. The number of nitrogens with zero attached hydrogens (tertiary/aromatic N) is 2. The van der Waals surface area contributed by atoms with Crippen LogP contribution in [-0.2, 0) is 0 Å². The molecule has 0 atom stereocenters. The van der Waals surface area contributed by atoms with Crippen molar-refractivity contribution in [2.24, 2.45) is 4.99 Å². The van der Waals surface area contributed by atoms with Crippen molar-refractivity contribution in [1.82, 2.24) is 0 Å². The zero-order valence-electron chi connectivity index (χ0n) is 9.96. The van der Waals surface area contributed by atoms with Crippen LogP contribution in [0, 0.1) is 18.3 Å². The van der Waals surface area contributed by atoms with Crippen LogP contribution in [0.5, 0.6) is 0 Å². The molecule has 2 rings (SSSR count). The van der Waals surface area contributed by atoms with Crippen LogP contribution in [0.3, 0.4) is 0 Å². The molecule has 0 unspecified atom stereocenters. The first-order valence-electron chi connectivity index (χ1n) is 5.53. The molecule has 0 bridgehead atoms. The van der Waals surface area contributed by atoms with Gasteiger partial charge in [-0.2, -0.15) is 5.26 Å². The molecule has 0 heterocycles. The highest BCUT2D eigenvalue weighted by atomic mass is 32.1. The van der Waals surface area contributed by atoms with E-state index >= 15 is 0 Å². The minimum Gasteiger partial charge on any atom is -0.256 e. The van der Waals surface area contributed by atoms with Gasteiger partial charge in [0.25, 0.3) is 0 Å². The number of nitriles is 1.